The Bertz CT molecular complexity index is 725. The van der Waals surface area contributed by atoms with Gasteiger partial charge in [0, 0.05) is 21.9 Å². The summed E-state index contributed by atoms with van der Waals surface area (Å²) in [7, 11) is 3.12. The van der Waals surface area contributed by atoms with E-state index < -0.39 is 0 Å². The van der Waals surface area contributed by atoms with E-state index in [0.29, 0.717) is 38.7 Å². The zero-order chi connectivity index (χ0) is 17.5. The van der Waals surface area contributed by atoms with Gasteiger partial charge in [-0.05, 0) is 29.8 Å². The first-order valence-corrected chi connectivity index (χ1v) is 8.98. The highest BCUT2D eigenvalue weighted by Crippen LogP contribution is 2.29. The molecule has 4 nitrogen and oxygen atoms in total. The van der Waals surface area contributed by atoms with Gasteiger partial charge >= 0.3 is 0 Å². The van der Waals surface area contributed by atoms with Gasteiger partial charge in [0.25, 0.3) is 0 Å². The number of rotatable bonds is 7. The number of hydrogen-bond acceptors (Lipinski definition) is 4. The van der Waals surface area contributed by atoms with Crippen molar-refractivity contribution < 1.29 is 14.3 Å². The first-order valence-electron chi connectivity index (χ1n) is 7.07. The summed E-state index contributed by atoms with van der Waals surface area (Å²) in [4.78, 5) is 12.1. The fourth-order valence-electron chi connectivity index (χ4n) is 1.99. The minimum Gasteiger partial charge on any atom is -0.497 e. The van der Waals surface area contributed by atoms with E-state index in [1.165, 1.54) is 11.8 Å². The summed E-state index contributed by atoms with van der Waals surface area (Å²) in [5, 5.41) is 4.02. The van der Waals surface area contributed by atoms with Crippen molar-refractivity contribution in [3.05, 3.63) is 52.0 Å². The minimum absolute atomic E-state index is 0.128. The number of amides is 1. The molecule has 1 amide bonds. The lowest BCUT2D eigenvalue weighted by atomic mass is 10.2. The van der Waals surface area contributed by atoms with Crippen LogP contribution in [0.4, 0.5) is 5.69 Å². The summed E-state index contributed by atoms with van der Waals surface area (Å²) < 4.78 is 10.4. The topological polar surface area (TPSA) is 47.6 Å². The van der Waals surface area contributed by atoms with Crippen molar-refractivity contribution in [2.45, 2.75) is 5.75 Å². The maximum absolute atomic E-state index is 12.1. The predicted octanol–water partition coefficient (Wildman–Crippen LogP) is 4.88. The van der Waals surface area contributed by atoms with Gasteiger partial charge in [0.2, 0.25) is 5.91 Å². The van der Waals surface area contributed by atoms with Crippen molar-refractivity contribution in [3.8, 4) is 11.5 Å². The number of benzene rings is 2. The zero-order valence-electron chi connectivity index (χ0n) is 13.3. The van der Waals surface area contributed by atoms with Crippen LogP contribution in [0, 0.1) is 0 Å². The second-order valence-corrected chi connectivity index (χ2v) is 6.67. The van der Waals surface area contributed by atoms with Gasteiger partial charge in [0.15, 0.2) is 0 Å². The number of halogens is 2. The molecule has 0 spiro atoms. The van der Waals surface area contributed by atoms with Crippen LogP contribution in [0.2, 0.25) is 10.0 Å². The third-order valence-corrected chi connectivity index (χ3v) is 4.75. The van der Waals surface area contributed by atoms with Crippen LogP contribution < -0.4 is 14.8 Å². The molecule has 7 heteroatoms. The molecule has 0 atom stereocenters. The number of nitrogens with one attached hydrogen (secondary N) is 1. The summed E-state index contributed by atoms with van der Waals surface area (Å²) in [5.41, 5.74) is 1.52. The highest BCUT2D eigenvalue weighted by molar-refractivity contribution is 7.99. The van der Waals surface area contributed by atoms with Crippen LogP contribution >= 0.6 is 35.0 Å². The molecule has 0 aliphatic rings. The Morgan fingerprint density at radius 2 is 1.92 bits per heavy atom. The highest BCUT2D eigenvalue weighted by atomic mass is 35.5. The van der Waals surface area contributed by atoms with Crippen molar-refractivity contribution in [1.29, 1.82) is 0 Å². The Kier molecular flexibility index (Phi) is 7.09. The summed E-state index contributed by atoms with van der Waals surface area (Å²) in [5.74, 6) is 2.01. The molecule has 0 aliphatic carbocycles. The molecule has 0 unspecified atom stereocenters. The standard InChI is InChI=1S/C17H17Cl2NO3S/c1-22-13-5-6-16(23-2)15(8-13)20-17(21)10-24-9-11-3-4-12(18)7-14(11)19/h3-8H,9-10H2,1-2H3,(H,20,21). The first-order chi connectivity index (χ1) is 11.5. The maximum Gasteiger partial charge on any atom is 0.234 e. The Hall–Kier alpha value is -1.56. The summed E-state index contributed by atoms with van der Waals surface area (Å²) in [6.07, 6.45) is 0. The predicted molar refractivity (Wildman–Crippen MR) is 101 cm³/mol. The van der Waals surface area contributed by atoms with Gasteiger partial charge < -0.3 is 14.8 Å². The molecule has 2 rings (SSSR count). The normalized spacial score (nSPS) is 10.3. The Labute approximate surface area is 155 Å². The molecule has 1 N–H and O–H groups in total. The third kappa shape index (κ3) is 5.23. The average Bonchev–Trinajstić information content (AvgIpc) is 2.56. The van der Waals surface area contributed by atoms with E-state index >= 15 is 0 Å². The molecule has 0 aromatic heterocycles. The maximum atomic E-state index is 12.1. The molecule has 0 saturated heterocycles. The van der Waals surface area contributed by atoms with Crippen molar-refractivity contribution >= 4 is 46.6 Å². The second-order valence-electron chi connectivity index (χ2n) is 4.84. The van der Waals surface area contributed by atoms with E-state index in [9.17, 15) is 4.79 Å². The van der Waals surface area contributed by atoms with Crippen LogP contribution in [-0.2, 0) is 10.5 Å². The summed E-state index contributed by atoms with van der Waals surface area (Å²) in [6.45, 7) is 0. The van der Waals surface area contributed by atoms with E-state index in [1.54, 1.807) is 44.6 Å². The number of carbonyl (C=O) groups is 1. The van der Waals surface area contributed by atoms with Crippen molar-refractivity contribution in [3.63, 3.8) is 0 Å². The molecule has 0 fully saturated rings. The van der Waals surface area contributed by atoms with Gasteiger partial charge in [-0.2, -0.15) is 0 Å². The summed E-state index contributed by atoms with van der Waals surface area (Å²) in [6, 6.07) is 10.6. The van der Waals surface area contributed by atoms with Crippen LogP contribution in [0.25, 0.3) is 0 Å². The van der Waals surface area contributed by atoms with E-state index in [0.717, 1.165) is 5.56 Å². The highest BCUT2D eigenvalue weighted by Gasteiger charge is 2.10. The number of thioether (sulfide) groups is 1. The Morgan fingerprint density at radius 3 is 2.58 bits per heavy atom. The molecule has 128 valence electrons. The Balaban J connectivity index is 1.91. The van der Waals surface area contributed by atoms with Gasteiger partial charge in [-0.25, -0.2) is 0 Å². The lowest BCUT2D eigenvalue weighted by Crippen LogP contribution is -2.15. The number of carbonyl (C=O) groups excluding carboxylic acids is 1. The fourth-order valence-corrected chi connectivity index (χ4v) is 3.38. The fraction of sp³-hybridized carbons (Fsp3) is 0.235. The summed E-state index contributed by atoms with van der Waals surface area (Å²) >= 11 is 13.5. The molecule has 24 heavy (non-hydrogen) atoms. The molecule has 2 aromatic rings. The average molecular weight is 386 g/mol. The lowest BCUT2D eigenvalue weighted by Gasteiger charge is -2.11. The van der Waals surface area contributed by atoms with Crippen LogP contribution in [-0.4, -0.2) is 25.9 Å². The molecule has 2 aromatic carbocycles. The zero-order valence-corrected chi connectivity index (χ0v) is 15.6. The smallest absolute Gasteiger partial charge is 0.234 e. The van der Waals surface area contributed by atoms with Crippen molar-refractivity contribution in [1.82, 2.24) is 0 Å². The largest absolute Gasteiger partial charge is 0.497 e. The number of hydrogen-bond donors (Lipinski definition) is 1. The third-order valence-electron chi connectivity index (χ3n) is 3.19. The van der Waals surface area contributed by atoms with Crippen LogP contribution in [0.5, 0.6) is 11.5 Å². The van der Waals surface area contributed by atoms with Crippen LogP contribution in [0.1, 0.15) is 5.56 Å². The molecule has 0 heterocycles. The molecule has 0 saturated carbocycles. The number of anilines is 1. The minimum atomic E-state index is -0.128. The van der Waals surface area contributed by atoms with Gasteiger partial charge in [0.05, 0.1) is 25.7 Å². The van der Waals surface area contributed by atoms with Gasteiger partial charge in [-0.15, -0.1) is 11.8 Å². The van der Waals surface area contributed by atoms with Gasteiger partial charge in [-0.1, -0.05) is 29.3 Å². The van der Waals surface area contributed by atoms with E-state index in [2.05, 4.69) is 5.32 Å². The monoisotopic (exact) mass is 385 g/mol. The van der Waals surface area contributed by atoms with E-state index in [1.807, 2.05) is 6.07 Å². The van der Waals surface area contributed by atoms with Crippen molar-refractivity contribution in [2.75, 3.05) is 25.3 Å². The lowest BCUT2D eigenvalue weighted by molar-refractivity contribution is -0.113. The Morgan fingerprint density at radius 1 is 1.12 bits per heavy atom. The van der Waals surface area contributed by atoms with Gasteiger partial charge in [-0.3, -0.25) is 4.79 Å². The quantitative estimate of drug-likeness (QED) is 0.737. The molecule has 0 radical (unpaired) electrons. The molecule has 0 bridgehead atoms. The van der Waals surface area contributed by atoms with Crippen LogP contribution in [0.15, 0.2) is 36.4 Å². The molecular formula is C17H17Cl2NO3S. The molecular weight excluding hydrogens is 369 g/mol. The SMILES string of the molecule is COc1ccc(OC)c(NC(=O)CSCc2ccc(Cl)cc2Cl)c1. The number of ether oxygens (including phenoxy) is 2. The van der Waals surface area contributed by atoms with Gasteiger partial charge in [0.1, 0.15) is 11.5 Å². The second kappa shape index (κ2) is 9.06. The van der Waals surface area contributed by atoms with Crippen molar-refractivity contribution in [2.24, 2.45) is 0 Å². The van der Waals surface area contributed by atoms with E-state index in [4.69, 9.17) is 32.7 Å². The first kappa shape index (κ1) is 18.8. The van der Waals surface area contributed by atoms with Crippen LogP contribution in [0.3, 0.4) is 0 Å². The van der Waals surface area contributed by atoms with E-state index in [-0.39, 0.29) is 5.91 Å². The number of methoxy groups -OCH3 is 2. The molecule has 0 aliphatic heterocycles.